The summed E-state index contributed by atoms with van der Waals surface area (Å²) in [5, 5.41) is 2.88. The normalized spacial score (nSPS) is 11.1. The van der Waals surface area contributed by atoms with E-state index in [0.717, 1.165) is 16.9 Å². The second kappa shape index (κ2) is 7.27. The average Bonchev–Trinajstić information content (AvgIpc) is 2.47. The smallest absolute Gasteiger partial charge is 0.224 e. The molecule has 0 aliphatic rings. The highest BCUT2D eigenvalue weighted by Crippen LogP contribution is 2.22. The zero-order valence-electron chi connectivity index (χ0n) is 13.7. The quantitative estimate of drug-likeness (QED) is 0.910. The van der Waals surface area contributed by atoms with Crippen molar-refractivity contribution in [2.45, 2.75) is 39.3 Å². The number of ether oxygens (including phenoxy) is 1. The predicted molar refractivity (Wildman–Crippen MR) is 88.8 cm³/mol. The second-order valence-corrected chi connectivity index (χ2v) is 6.40. The molecule has 0 heterocycles. The number of amides is 1. The number of carbonyl (C=O) groups is 1. The van der Waals surface area contributed by atoms with Gasteiger partial charge in [0.25, 0.3) is 0 Å². The number of rotatable bonds is 5. The van der Waals surface area contributed by atoms with Crippen LogP contribution in [0.15, 0.2) is 48.5 Å². The summed E-state index contributed by atoms with van der Waals surface area (Å²) in [4.78, 5) is 12.0. The topological polar surface area (TPSA) is 38.3 Å². The van der Waals surface area contributed by atoms with Crippen LogP contribution < -0.4 is 10.1 Å². The molecule has 0 aliphatic heterocycles. The highest BCUT2D eigenvalue weighted by atomic mass is 19.1. The number of para-hydroxylation sites is 1. The number of nitrogens with one attached hydrogen (secondary N) is 1. The Morgan fingerprint density at radius 2 is 1.74 bits per heavy atom. The molecule has 122 valence electrons. The first-order valence-electron chi connectivity index (χ1n) is 7.61. The zero-order valence-corrected chi connectivity index (χ0v) is 13.7. The second-order valence-electron chi connectivity index (χ2n) is 6.40. The monoisotopic (exact) mass is 315 g/mol. The van der Waals surface area contributed by atoms with Gasteiger partial charge < -0.3 is 10.1 Å². The van der Waals surface area contributed by atoms with E-state index in [9.17, 15) is 9.18 Å². The molecular weight excluding hydrogens is 293 g/mol. The van der Waals surface area contributed by atoms with E-state index in [1.807, 2.05) is 45.0 Å². The maximum absolute atomic E-state index is 12.9. The fraction of sp³-hybridized carbons (Fsp3) is 0.316. The highest BCUT2D eigenvalue weighted by molar-refractivity contribution is 5.78. The van der Waals surface area contributed by atoms with E-state index in [4.69, 9.17) is 4.74 Å². The first-order valence-corrected chi connectivity index (χ1v) is 7.61. The van der Waals surface area contributed by atoms with Crippen molar-refractivity contribution in [2.75, 3.05) is 0 Å². The molecule has 0 radical (unpaired) electrons. The van der Waals surface area contributed by atoms with Gasteiger partial charge >= 0.3 is 0 Å². The van der Waals surface area contributed by atoms with Crippen LogP contribution >= 0.6 is 0 Å². The minimum Gasteiger partial charge on any atom is -0.488 e. The maximum Gasteiger partial charge on any atom is 0.224 e. The van der Waals surface area contributed by atoms with Crippen LogP contribution in [-0.4, -0.2) is 11.5 Å². The molecule has 2 aromatic carbocycles. The first kappa shape index (κ1) is 17.0. The lowest BCUT2D eigenvalue weighted by Crippen LogP contribution is -2.27. The van der Waals surface area contributed by atoms with Crippen LogP contribution in [0.5, 0.6) is 5.75 Å². The van der Waals surface area contributed by atoms with E-state index in [2.05, 4.69) is 5.32 Å². The number of halogens is 1. The predicted octanol–water partition coefficient (Wildman–Crippen LogP) is 3.86. The molecule has 23 heavy (non-hydrogen) atoms. The summed E-state index contributed by atoms with van der Waals surface area (Å²) in [7, 11) is 0. The summed E-state index contributed by atoms with van der Waals surface area (Å²) in [5.74, 6) is 0.353. The highest BCUT2D eigenvalue weighted by Gasteiger charge is 2.14. The third-order valence-electron chi connectivity index (χ3n) is 3.14. The van der Waals surface area contributed by atoms with Crippen LogP contribution in [0.2, 0.25) is 0 Å². The largest absolute Gasteiger partial charge is 0.488 e. The minimum absolute atomic E-state index is 0.109. The molecule has 0 atom stereocenters. The Bertz CT molecular complexity index is 660. The van der Waals surface area contributed by atoms with Crippen molar-refractivity contribution in [1.29, 1.82) is 0 Å². The molecule has 3 nitrogen and oxygen atoms in total. The molecule has 2 aromatic rings. The van der Waals surface area contributed by atoms with Crippen molar-refractivity contribution < 1.29 is 13.9 Å². The van der Waals surface area contributed by atoms with Gasteiger partial charge in [0.15, 0.2) is 0 Å². The number of hydrogen-bond acceptors (Lipinski definition) is 2. The summed E-state index contributed by atoms with van der Waals surface area (Å²) < 4.78 is 18.8. The molecule has 0 aromatic heterocycles. The third-order valence-corrected chi connectivity index (χ3v) is 3.14. The summed E-state index contributed by atoms with van der Waals surface area (Å²) in [6.07, 6.45) is 0.225. The summed E-state index contributed by atoms with van der Waals surface area (Å²) in [6.45, 7) is 6.34. The zero-order chi connectivity index (χ0) is 16.9. The average molecular weight is 315 g/mol. The van der Waals surface area contributed by atoms with Crippen molar-refractivity contribution >= 4 is 5.91 Å². The molecule has 2 rings (SSSR count). The first-order chi connectivity index (χ1) is 10.8. The van der Waals surface area contributed by atoms with Crippen LogP contribution in [0.4, 0.5) is 4.39 Å². The SMILES string of the molecule is CC(C)(C)Oc1ccccc1CNC(=O)Cc1ccc(F)cc1. The van der Waals surface area contributed by atoms with Crippen LogP contribution in [0, 0.1) is 5.82 Å². The lowest BCUT2D eigenvalue weighted by atomic mass is 10.1. The lowest BCUT2D eigenvalue weighted by molar-refractivity contribution is -0.120. The van der Waals surface area contributed by atoms with Crippen LogP contribution in [0.3, 0.4) is 0 Å². The van der Waals surface area contributed by atoms with Gasteiger partial charge in [0.05, 0.1) is 6.42 Å². The van der Waals surface area contributed by atoms with Gasteiger partial charge in [-0.05, 0) is 44.5 Å². The van der Waals surface area contributed by atoms with Gasteiger partial charge in [-0.25, -0.2) is 4.39 Å². The van der Waals surface area contributed by atoms with Crippen molar-refractivity contribution in [3.8, 4) is 5.75 Å². The summed E-state index contributed by atoms with van der Waals surface area (Å²) in [5.41, 5.74) is 1.41. The molecule has 0 unspecified atom stereocenters. The Kier molecular flexibility index (Phi) is 5.37. The van der Waals surface area contributed by atoms with E-state index in [-0.39, 0.29) is 23.7 Å². The van der Waals surface area contributed by atoms with Gasteiger partial charge in [-0.3, -0.25) is 4.79 Å². The Morgan fingerprint density at radius 1 is 1.09 bits per heavy atom. The molecular formula is C19H22FNO2. The van der Waals surface area contributed by atoms with Crippen molar-refractivity contribution in [3.63, 3.8) is 0 Å². The Balaban J connectivity index is 1.95. The van der Waals surface area contributed by atoms with Crippen LogP contribution in [0.1, 0.15) is 31.9 Å². The number of hydrogen-bond donors (Lipinski definition) is 1. The Hall–Kier alpha value is -2.36. The van der Waals surface area contributed by atoms with Crippen molar-refractivity contribution in [3.05, 3.63) is 65.5 Å². The van der Waals surface area contributed by atoms with Gasteiger partial charge in [0, 0.05) is 12.1 Å². The molecule has 0 bridgehead atoms. The Labute approximate surface area is 136 Å². The lowest BCUT2D eigenvalue weighted by Gasteiger charge is -2.23. The van der Waals surface area contributed by atoms with Gasteiger partial charge in [-0.15, -0.1) is 0 Å². The number of carbonyl (C=O) groups excluding carboxylic acids is 1. The summed E-state index contributed by atoms with van der Waals surface area (Å²) in [6, 6.07) is 13.6. The van der Waals surface area contributed by atoms with E-state index in [1.54, 1.807) is 12.1 Å². The van der Waals surface area contributed by atoms with E-state index < -0.39 is 0 Å². The minimum atomic E-state index is -0.303. The van der Waals surface area contributed by atoms with E-state index in [0.29, 0.717) is 6.54 Å². The molecule has 0 saturated carbocycles. The number of benzene rings is 2. The molecule has 0 spiro atoms. The van der Waals surface area contributed by atoms with Gasteiger partial charge in [-0.2, -0.15) is 0 Å². The summed E-state index contributed by atoms with van der Waals surface area (Å²) >= 11 is 0. The maximum atomic E-state index is 12.9. The van der Waals surface area contributed by atoms with Gasteiger partial charge in [0.1, 0.15) is 17.2 Å². The molecule has 1 N–H and O–H groups in total. The Morgan fingerprint density at radius 3 is 2.39 bits per heavy atom. The van der Waals surface area contributed by atoms with Crippen molar-refractivity contribution in [2.24, 2.45) is 0 Å². The van der Waals surface area contributed by atoms with Gasteiger partial charge in [0.2, 0.25) is 5.91 Å². The fourth-order valence-corrected chi connectivity index (χ4v) is 2.12. The van der Waals surface area contributed by atoms with E-state index >= 15 is 0 Å². The molecule has 4 heteroatoms. The van der Waals surface area contributed by atoms with Crippen molar-refractivity contribution in [1.82, 2.24) is 5.32 Å². The molecule has 0 aliphatic carbocycles. The van der Waals surface area contributed by atoms with Crippen LogP contribution in [-0.2, 0) is 17.8 Å². The van der Waals surface area contributed by atoms with Crippen LogP contribution in [0.25, 0.3) is 0 Å². The molecule has 0 saturated heterocycles. The molecule has 0 fully saturated rings. The van der Waals surface area contributed by atoms with Gasteiger partial charge in [-0.1, -0.05) is 30.3 Å². The third kappa shape index (κ3) is 5.74. The fourth-order valence-electron chi connectivity index (χ4n) is 2.12. The molecule has 1 amide bonds. The standard InChI is InChI=1S/C19H22FNO2/c1-19(2,3)23-17-7-5-4-6-15(17)13-21-18(22)12-14-8-10-16(20)11-9-14/h4-11H,12-13H2,1-3H3,(H,21,22). The van der Waals surface area contributed by atoms with E-state index in [1.165, 1.54) is 12.1 Å².